The van der Waals surface area contributed by atoms with Crippen molar-refractivity contribution in [3.63, 3.8) is 0 Å². The fourth-order valence-electron chi connectivity index (χ4n) is 4.68. The number of hydrogen-bond acceptors (Lipinski definition) is 10. The summed E-state index contributed by atoms with van der Waals surface area (Å²) in [5.74, 6) is 1.02. The van der Waals surface area contributed by atoms with Crippen LogP contribution in [0.3, 0.4) is 0 Å². The summed E-state index contributed by atoms with van der Waals surface area (Å²) >= 11 is 7.50. The van der Waals surface area contributed by atoms with Gasteiger partial charge in [-0.3, -0.25) is 19.5 Å². The van der Waals surface area contributed by atoms with Gasteiger partial charge in [-0.05, 0) is 55.8 Å². The average Bonchev–Trinajstić information content (AvgIpc) is 3.68. The van der Waals surface area contributed by atoms with Gasteiger partial charge in [0.15, 0.2) is 16.3 Å². The molecule has 2 aliphatic rings. The van der Waals surface area contributed by atoms with Crippen LogP contribution < -0.4 is 24.4 Å². The third kappa shape index (κ3) is 4.70. The van der Waals surface area contributed by atoms with Gasteiger partial charge in [0.25, 0.3) is 11.2 Å². The predicted octanol–water partition coefficient (Wildman–Crippen LogP) is 4.35. The van der Waals surface area contributed by atoms with Crippen LogP contribution >= 0.6 is 22.9 Å². The Morgan fingerprint density at radius 3 is 2.80 bits per heavy atom. The highest BCUT2D eigenvalue weighted by atomic mass is 35.5. The van der Waals surface area contributed by atoms with E-state index in [4.69, 9.17) is 30.2 Å². The van der Waals surface area contributed by atoms with E-state index in [1.807, 2.05) is 0 Å². The zero-order chi connectivity index (χ0) is 28.8. The lowest BCUT2D eigenvalue weighted by Crippen LogP contribution is -2.39. The summed E-state index contributed by atoms with van der Waals surface area (Å²) in [6.07, 6.45) is 1.71. The van der Waals surface area contributed by atoms with E-state index >= 15 is 0 Å². The number of ether oxygens (including phenoxy) is 3. The second-order valence-electron chi connectivity index (χ2n) is 9.04. The monoisotopic (exact) mass is 593 g/mol. The molecule has 11 nitrogen and oxygen atoms in total. The van der Waals surface area contributed by atoms with Crippen molar-refractivity contribution in [3.05, 3.63) is 106 Å². The molecular formula is C28H20ClN3O8S. The van der Waals surface area contributed by atoms with E-state index in [-0.39, 0.29) is 41.2 Å². The number of aromatic nitrogens is 1. The molecule has 2 aromatic heterocycles. The molecule has 0 radical (unpaired) electrons. The van der Waals surface area contributed by atoms with Crippen LogP contribution in [-0.4, -0.2) is 28.9 Å². The van der Waals surface area contributed by atoms with Crippen molar-refractivity contribution in [1.29, 1.82) is 0 Å². The molecule has 0 amide bonds. The van der Waals surface area contributed by atoms with Crippen LogP contribution in [0.4, 0.5) is 5.69 Å². The molecule has 0 saturated heterocycles. The zero-order valence-electron chi connectivity index (χ0n) is 21.6. The van der Waals surface area contributed by atoms with Gasteiger partial charge < -0.3 is 18.6 Å². The quantitative estimate of drug-likeness (QED) is 0.183. The summed E-state index contributed by atoms with van der Waals surface area (Å²) in [5, 5.41) is 11.6. The topological polar surface area (TPSA) is 135 Å². The van der Waals surface area contributed by atoms with Crippen LogP contribution in [0, 0.1) is 10.1 Å². The number of hydrogen-bond donors (Lipinski definition) is 0. The minimum Gasteiger partial charge on any atom is -0.463 e. The molecule has 13 heteroatoms. The second-order valence-corrected chi connectivity index (χ2v) is 10.5. The van der Waals surface area contributed by atoms with Crippen molar-refractivity contribution in [2.45, 2.75) is 19.9 Å². The average molecular weight is 594 g/mol. The first-order valence-electron chi connectivity index (χ1n) is 12.4. The molecular weight excluding hydrogens is 574 g/mol. The van der Waals surface area contributed by atoms with Crippen molar-refractivity contribution in [2.24, 2.45) is 4.99 Å². The number of rotatable bonds is 6. The number of nitro groups is 1. The Kier molecular flexibility index (Phi) is 6.72. The van der Waals surface area contributed by atoms with E-state index in [2.05, 4.69) is 4.99 Å². The molecule has 0 unspecified atom stereocenters. The molecule has 2 aromatic carbocycles. The highest BCUT2D eigenvalue weighted by Crippen LogP contribution is 2.37. The van der Waals surface area contributed by atoms with Crippen molar-refractivity contribution in [3.8, 4) is 22.8 Å². The van der Waals surface area contributed by atoms with Gasteiger partial charge in [0, 0.05) is 17.7 Å². The number of benzene rings is 2. The Hall–Kier alpha value is -4.68. The molecule has 0 aliphatic carbocycles. The fraction of sp³-hybridized carbons (Fsp3) is 0.179. The maximum Gasteiger partial charge on any atom is 0.338 e. The Bertz CT molecular complexity index is 1950. The lowest BCUT2D eigenvalue weighted by Gasteiger charge is -2.22. The van der Waals surface area contributed by atoms with Gasteiger partial charge >= 0.3 is 5.97 Å². The molecule has 0 saturated carbocycles. The van der Waals surface area contributed by atoms with Crippen LogP contribution in [0.2, 0.25) is 5.02 Å². The number of carbonyl (C=O) groups is 1. The van der Waals surface area contributed by atoms with Gasteiger partial charge in [0.05, 0.1) is 32.4 Å². The Labute approximate surface area is 240 Å². The van der Waals surface area contributed by atoms with Crippen molar-refractivity contribution >= 4 is 40.7 Å². The maximum absolute atomic E-state index is 13.8. The summed E-state index contributed by atoms with van der Waals surface area (Å²) in [6.45, 7) is 3.58. The summed E-state index contributed by atoms with van der Waals surface area (Å²) in [4.78, 5) is 42.7. The molecule has 6 rings (SSSR count). The largest absolute Gasteiger partial charge is 0.463 e. The summed E-state index contributed by atoms with van der Waals surface area (Å²) in [7, 11) is 0. The van der Waals surface area contributed by atoms with Crippen LogP contribution in [0.1, 0.15) is 31.2 Å². The summed E-state index contributed by atoms with van der Waals surface area (Å²) in [6, 6.07) is 11.5. The highest BCUT2D eigenvalue weighted by Gasteiger charge is 2.35. The Balaban J connectivity index is 1.50. The van der Waals surface area contributed by atoms with E-state index in [9.17, 15) is 19.7 Å². The number of thiazole rings is 1. The van der Waals surface area contributed by atoms with E-state index in [0.717, 1.165) is 16.9 Å². The third-order valence-corrected chi connectivity index (χ3v) is 7.85. The number of nitrogens with zero attached hydrogens (tertiary/aromatic N) is 3. The van der Waals surface area contributed by atoms with E-state index in [1.165, 1.54) is 22.8 Å². The van der Waals surface area contributed by atoms with Crippen LogP contribution in [-0.2, 0) is 9.53 Å². The molecule has 0 bridgehead atoms. The van der Waals surface area contributed by atoms with Crippen molar-refractivity contribution in [1.82, 2.24) is 4.57 Å². The van der Waals surface area contributed by atoms with Gasteiger partial charge in [0.2, 0.25) is 6.79 Å². The zero-order valence-corrected chi connectivity index (χ0v) is 23.2. The smallest absolute Gasteiger partial charge is 0.338 e. The minimum atomic E-state index is -1.00. The summed E-state index contributed by atoms with van der Waals surface area (Å²) in [5.41, 5.74) is 0.966. The normalized spacial score (nSPS) is 16.0. The third-order valence-electron chi connectivity index (χ3n) is 6.53. The highest BCUT2D eigenvalue weighted by molar-refractivity contribution is 7.07. The predicted molar refractivity (Wildman–Crippen MR) is 149 cm³/mol. The first kappa shape index (κ1) is 26.5. The van der Waals surface area contributed by atoms with Gasteiger partial charge in [-0.15, -0.1) is 0 Å². The lowest BCUT2D eigenvalue weighted by molar-refractivity contribution is -0.384. The maximum atomic E-state index is 13.8. The molecule has 4 heterocycles. The number of non-ortho nitro benzene ring substituents is 1. The van der Waals surface area contributed by atoms with Gasteiger partial charge in [-0.25, -0.2) is 9.79 Å². The van der Waals surface area contributed by atoms with Gasteiger partial charge in [-0.2, -0.15) is 0 Å². The SMILES string of the molecule is CCOC(=O)C1=C(C)N=c2s/c(=C\c3ccc4c(c3)OCO4)c(=O)n2[C@H]1c1ccc(-c2cc([N+](=O)[O-])ccc2Cl)o1. The Morgan fingerprint density at radius 2 is 2.02 bits per heavy atom. The van der Waals surface area contributed by atoms with E-state index < -0.39 is 22.5 Å². The molecule has 41 heavy (non-hydrogen) atoms. The second kappa shape index (κ2) is 10.4. The van der Waals surface area contributed by atoms with Crippen molar-refractivity contribution < 1.29 is 28.3 Å². The van der Waals surface area contributed by atoms with Gasteiger partial charge in [0.1, 0.15) is 17.6 Å². The number of halogens is 1. The molecule has 2 aliphatic heterocycles. The van der Waals surface area contributed by atoms with E-state index in [0.29, 0.717) is 32.1 Å². The number of nitro benzene ring substituents is 1. The van der Waals surface area contributed by atoms with Crippen LogP contribution in [0.25, 0.3) is 17.4 Å². The number of allylic oxidation sites excluding steroid dienone is 1. The standard InChI is InChI=1S/C28H20ClN3O8S/c1-3-37-27(34)24-14(2)30-28-31(26(33)23(41-28)11-15-4-7-20-22(10-15)39-13-38-20)25(24)21-9-8-19(40-21)17-12-16(32(35)36)5-6-18(17)29/h4-12,25H,3,13H2,1-2H3/b23-11-/t25-/m0/s1. The molecule has 4 aromatic rings. The van der Waals surface area contributed by atoms with Gasteiger partial charge in [-0.1, -0.05) is 29.0 Å². The molecule has 0 fully saturated rings. The van der Waals surface area contributed by atoms with Crippen LogP contribution in [0.15, 0.2) is 74.0 Å². The van der Waals surface area contributed by atoms with Crippen molar-refractivity contribution in [2.75, 3.05) is 13.4 Å². The minimum absolute atomic E-state index is 0.115. The van der Waals surface area contributed by atoms with E-state index in [1.54, 1.807) is 50.3 Å². The molecule has 208 valence electrons. The molecule has 0 N–H and O–H groups in total. The first-order valence-corrected chi connectivity index (χ1v) is 13.6. The fourth-order valence-corrected chi connectivity index (χ4v) is 5.93. The number of carbonyl (C=O) groups excluding carboxylic acids is 1. The summed E-state index contributed by atoms with van der Waals surface area (Å²) < 4.78 is 24.0. The molecule has 0 spiro atoms. The number of furan rings is 1. The van der Waals surface area contributed by atoms with Crippen LogP contribution in [0.5, 0.6) is 11.5 Å². The number of esters is 1. The lowest BCUT2D eigenvalue weighted by atomic mass is 10.0. The molecule has 1 atom stereocenters. The number of fused-ring (bicyclic) bond motifs is 2. The Morgan fingerprint density at radius 1 is 1.22 bits per heavy atom. The first-order chi connectivity index (χ1) is 19.7.